The van der Waals surface area contributed by atoms with E-state index in [9.17, 15) is 9.59 Å². The van der Waals surface area contributed by atoms with Crippen molar-refractivity contribution < 1.29 is 14.3 Å². The number of carbonyl (C=O) groups is 2. The van der Waals surface area contributed by atoms with E-state index in [-0.39, 0.29) is 18.4 Å². The topological polar surface area (TPSA) is 76.5 Å². The minimum Gasteiger partial charge on any atom is -0.375 e. The van der Waals surface area contributed by atoms with Crippen molar-refractivity contribution in [1.82, 2.24) is 9.78 Å². The van der Waals surface area contributed by atoms with Crippen LogP contribution in [0.1, 0.15) is 34.8 Å². The zero-order valence-electron chi connectivity index (χ0n) is 14.1. The monoisotopic (exact) mass is 340 g/mol. The highest BCUT2D eigenvalue weighted by Gasteiger charge is 2.26. The summed E-state index contributed by atoms with van der Waals surface area (Å²) in [4.78, 5) is 26.1. The number of fused-ring (bicyclic) bond motifs is 1. The molecule has 1 aliphatic heterocycles. The first kappa shape index (κ1) is 15.8. The van der Waals surface area contributed by atoms with Crippen molar-refractivity contribution in [2.24, 2.45) is 0 Å². The lowest BCUT2D eigenvalue weighted by Crippen LogP contribution is -2.31. The van der Waals surface area contributed by atoms with Crippen LogP contribution in [0.3, 0.4) is 0 Å². The molecule has 7 nitrogen and oxygen atoms in total. The van der Waals surface area contributed by atoms with Crippen LogP contribution >= 0.6 is 0 Å². The van der Waals surface area contributed by atoms with E-state index in [2.05, 4.69) is 10.4 Å². The van der Waals surface area contributed by atoms with Gasteiger partial charge in [-0.1, -0.05) is 0 Å². The summed E-state index contributed by atoms with van der Waals surface area (Å²) in [6.45, 7) is 0.714. The van der Waals surface area contributed by atoms with E-state index >= 15 is 0 Å². The Morgan fingerprint density at radius 1 is 1.36 bits per heavy atom. The van der Waals surface area contributed by atoms with Gasteiger partial charge < -0.3 is 15.0 Å². The third-order valence-electron chi connectivity index (χ3n) is 4.59. The van der Waals surface area contributed by atoms with E-state index in [1.165, 1.54) is 7.11 Å². The largest absolute Gasteiger partial charge is 0.375 e. The van der Waals surface area contributed by atoms with Crippen molar-refractivity contribution >= 4 is 23.2 Å². The quantitative estimate of drug-likeness (QED) is 0.903. The molecule has 25 heavy (non-hydrogen) atoms. The maximum absolute atomic E-state index is 12.4. The molecule has 2 aliphatic rings. The third-order valence-corrected chi connectivity index (χ3v) is 4.59. The number of hydrogen-bond donors (Lipinski definition) is 1. The lowest BCUT2D eigenvalue weighted by molar-refractivity contribution is -0.122. The fourth-order valence-corrected chi connectivity index (χ4v) is 3.14. The minimum absolute atomic E-state index is 0.0504. The zero-order chi connectivity index (χ0) is 17.4. The molecule has 2 heterocycles. The van der Waals surface area contributed by atoms with Gasteiger partial charge in [-0.05, 0) is 43.0 Å². The number of anilines is 2. The van der Waals surface area contributed by atoms with Crippen LogP contribution in [0.5, 0.6) is 0 Å². The second kappa shape index (κ2) is 6.33. The van der Waals surface area contributed by atoms with Gasteiger partial charge in [-0.25, -0.2) is 0 Å². The number of benzene rings is 1. The fraction of sp³-hybridized carbons (Fsp3) is 0.389. The summed E-state index contributed by atoms with van der Waals surface area (Å²) in [7, 11) is 1.51. The molecule has 1 aromatic carbocycles. The first-order chi connectivity index (χ1) is 12.2. The van der Waals surface area contributed by atoms with E-state index in [1.54, 1.807) is 17.3 Å². The van der Waals surface area contributed by atoms with Crippen molar-refractivity contribution in [3.8, 4) is 0 Å². The Kier molecular flexibility index (Phi) is 4.01. The average Bonchev–Trinajstić information content (AvgIpc) is 3.18. The van der Waals surface area contributed by atoms with Gasteiger partial charge >= 0.3 is 0 Å². The molecule has 0 unspecified atom stereocenters. The first-order valence-corrected chi connectivity index (χ1v) is 8.43. The molecule has 2 aromatic rings. The predicted molar refractivity (Wildman–Crippen MR) is 92.8 cm³/mol. The van der Waals surface area contributed by atoms with Crippen molar-refractivity contribution in [2.45, 2.75) is 25.3 Å². The van der Waals surface area contributed by atoms with Crippen molar-refractivity contribution in [1.29, 1.82) is 0 Å². The van der Waals surface area contributed by atoms with Gasteiger partial charge in [-0.2, -0.15) is 5.10 Å². The normalized spacial score (nSPS) is 16.0. The Labute approximate surface area is 145 Å². The first-order valence-electron chi connectivity index (χ1n) is 8.43. The van der Waals surface area contributed by atoms with Crippen LogP contribution in [-0.4, -0.2) is 41.9 Å². The van der Waals surface area contributed by atoms with Gasteiger partial charge in [-0.3, -0.25) is 14.3 Å². The Morgan fingerprint density at radius 2 is 2.20 bits per heavy atom. The average molecular weight is 340 g/mol. The summed E-state index contributed by atoms with van der Waals surface area (Å²) < 4.78 is 6.78. The van der Waals surface area contributed by atoms with E-state index in [0.717, 1.165) is 36.2 Å². The van der Waals surface area contributed by atoms with Gasteiger partial charge in [0, 0.05) is 31.2 Å². The number of amides is 2. The number of rotatable bonds is 5. The van der Waals surface area contributed by atoms with E-state index in [1.807, 2.05) is 22.9 Å². The lowest BCUT2D eigenvalue weighted by atomic mass is 10.1. The van der Waals surface area contributed by atoms with Gasteiger partial charge in [0.2, 0.25) is 0 Å². The van der Waals surface area contributed by atoms with E-state index in [0.29, 0.717) is 18.2 Å². The molecule has 0 spiro atoms. The molecular weight excluding hydrogens is 320 g/mol. The maximum Gasteiger partial charge on any atom is 0.258 e. The predicted octanol–water partition coefficient (Wildman–Crippen LogP) is 2.01. The van der Waals surface area contributed by atoms with Crippen LogP contribution in [0.15, 0.2) is 30.6 Å². The van der Waals surface area contributed by atoms with Crippen LogP contribution < -0.4 is 10.2 Å². The number of carbonyl (C=O) groups excluding carboxylic acids is 2. The number of ether oxygens (including phenoxy) is 1. The van der Waals surface area contributed by atoms with Gasteiger partial charge in [0.25, 0.3) is 11.8 Å². The smallest absolute Gasteiger partial charge is 0.258 e. The highest BCUT2D eigenvalue weighted by atomic mass is 16.5. The second-order valence-corrected chi connectivity index (χ2v) is 6.47. The summed E-state index contributed by atoms with van der Waals surface area (Å²) >= 11 is 0. The molecule has 1 aliphatic carbocycles. The molecule has 0 saturated heterocycles. The molecule has 7 heteroatoms. The molecule has 0 bridgehead atoms. The van der Waals surface area contributed by atoms with Crippen LogP contribution in [0, 0.1) is 0 Å². The Balaban J connectivity index is 1.46. The van der Waals surface area contributed by atoms with Gasteiger partial charge in [-0.15, -0.1) is 0 Å². The Bertz CT molecular complexity index is 825. The molecule has 1 aromatic heterocycles. The zero-order valence-corrected chi connectivity index (χ0v) is 14.1. The van der Waals surface area contributed by atoms with Gasteiger partial charge in [0.15, 0.2) is 0 Å². The summed E-state index contributed by atoms with van der Waals surface area (Å²) in [5, 5.41) is 7.15. The minimum atomic E-state index is -0.169. The molecular formula is C18H20N4O3. The number of hydrogen-bond acceptors (Lipinski definition) is 4. The SMILES string of the molecule is COCC(=O)N1CCc2cc(NC(=O)c3cnn(C4CC4)c3)ccc21. The fourth-order valence-electron chi connectivity index (χ4n) is 3.14. The van der Waals surface area contributed by atoms with E-state index in [4.69, 9.17) is 4.74 Å². The molecule has 1 fully saturated rings. The number of aromatic nitrogens is 2. The van der Waals surface area contributed by atoms with Crippen LogP contribution in [0.2, 0.25) is 0 Å². The molecule has 1 N–H and O–H groups in total. The molecule has 4 rings (SSSR count). The Hall–Kier alpha value is -2.67. The highest BCUT2D eigenvalue weighted by Crippen LogP contribution is 2.34. The van der Waals surface area contributed by atoms with E-state index < -0.39 is 0 Å². The Morgan fingerprint density at radius 3 is 2.96 bits per heavy atom. The molecule has 0 radical (unpaired) electrons. The standard InChI is InChI=1S/C18H20N4O3/c1-25-11-17(23)21-7-6-12-8-14(2-5-16(12)21)20-18(24)13-9-19-22(10-13)15-3-4-15/h2,5,8-10,15H,3-4,6-7,11H2,1H3,(H,20,24). The van der Waals surface area contributed by atoms with Gasteiger partial charge in [0.05, 0.1) is 17.8 Å². The van der Waals surface area contributed by atoms with Crippen LogP contribution in [-0.2, 0) is 16.0 Å². The highest BCUT2D eigenvalue weighted by molar-refractivity contribution is 6.04. The van der Waals surface area contributed by atoms with Crippen molar-refractivity contribution in [2.75, 3.05) is 30.5 Å². The van der Waals surface area contributed by atoms with Crippen molar-refractivity contribution in [3.63, 3.8) is 0 Å². The molecule has 130 valence electrons. The molecule has 1 saturated carbocycles. The lowest BCUT2D eigenvalue weighted by Gasteiger charge is -2.17. The van der Waals surface area contributed by atoms with Crippen LogP contribution in [0.25, 0.3) is 0 Å². The second-order valence-electron chi connectivity index (χ2n) is 6.47. The maximum atomic E-state index is 12.4. The molecule has 2 amide bonds. The van der Waals surface area contributed by atoms with Crippen LogP contribution in [0.4, 0.5) is 11.4 Å². The third kappa shape index (κ3) is 3.15. The number of nitrogens with one attached hydrogen (secondary N) is 1. The summed E-state index contributed by atoms with van der Waals surface area (Å²) in [6.07, 6.45) is 6.43. The number of nitrogens with zero attached hydrogens (tertiary/aromatic N) is 3. The molecule has 0 atom stereocenters. The summed E-state index contributed by atoms with van der Waals surface area (Å²) in [5.41, 5.74) is 3.23. The van der Waals surface area contributed by atoms with Gasteiger partial charge in [0.1, 0.15) is 6.61 Å². The van der Waals surface area contributed by atoms with Crippen molar-refractivity contribution in [3.05, 3.63) is 41.7 Å². The summed E-state index contributed by atoms with van der Waals surface area (Å²) in [5.74, 6) is -0.220. The number of methoxy groups -OCH3 is 1. The summed E-state index contributed by atoms with van der Waals surface area (Å²) in [6, 6.07) is 6.08.